The van der Waals surface area contributed by atoms with Crippen molar-refractivity contribution < 1.29 is 13.2 Å². The van der Waals surface area contributed by atoms with E-state index in [1.807, 2.05) is 0 Å². The van der Waals surface area contributed by atoms with Gasteiger partial charge >= 0.3 is 0 Å². The van der Waals surface area contributed by atoms with E-state index >= 15 is 0 Å². The molecule has 0 saturated carbocycles. The molecule has 20 heavy (non-hydrogen) atoms. The number of hydrogen-bond acceptors (Lipinski definition) is 4. The molecule has 112 valence electrons. The molecule has 0 spiro atoms. The fraction of sp³-hybridized carbons (Fsp3) is 0.583. The maximum atomic E-state index is 12.3. The van der Waals surface area contributed by atoms with Crippen LogP contribution in [0.25, 0.3) is 0 Å². The standard InChI is InChI=1S/C12H20N4O3S/c1-14-6-3-11(9-14)20(18,19)15(2)10-12(17)16-7-4-13-5-8-16/h3,6,9,13H,4-5,7-8,10H2,1-2H3. The Balaban J connectivity index is 2.03. The molecule has 7 nitrogen and oxygen atoms in total. The number of aromatic nitrogens is 1. The molecule has 0 bridgehead atoms. The maximum absolute atomic E-state index is 12.3. The quantitative estimate of drug-likeness (QED) is 0.780. The SMILES string of the molecule is CN(CC(=O)N1CCNCC1)S(=O)(=O)c1ccn(C)c1. The van der Waals surface area contributed by atoms with E-state index in [2.05, 4.69) is 5.32 Å². The van der Waals surface area contributed by atoms with Crippen LogP contribution in [-0.4, -0.2) is 67.9 Å². The molecule has 0 aromatic carbocycles. The average Bonchev–Trinajstić information content (AvgIpc) is 2.87. The first-order chi connectivity index (χ1) is 9.41. The lowest BCUT2D eigenvalue weighted by Crippen LogP contribution is -2.49. The Labute approximate surface area is 119 Å². The summed E-state index contributed by atoms with van der Waals surface area (Å²) in [4.78, 5) is 14.0. The predicted octanol–water partition coefficient (Wildman–Crippen LogP) is -0.923. The van der Waals surface area contributed by atoms with Crippen molar-refractivity contribution in [2.45, 2.75) is 4.90 Å². The maximum Gasteiger partial charge on any atom is 0.244 e. The fourth-order valence-corrected chi connectivity index (χ4v) is 3.27. The van der Waals surface area contributed by atoms with Crippen molar-refractivity contribution >= 4 is 15.9 Å². The Kier molecular flexibility index (Phi) is 4.46. The molecule has 1 amide bonds. The van der Waals surface area contributed by atoms with Crippen LogP contribution in [0.2, 0.25) is 0 Å². The van der Waals surface area contributed by atoms with Gasteiger partial charge in [-0.3, -0.25) is 4.79 Å². The Hall–Kier alpha value is -1.38. The third-order valence-corrected chi connectivity index (χ3v) is 5.13. The van der Waals surface area contributed by atoms with Crippen molar-refractivity contribution in [2.24, 2.45) is 7.05 Å². The van der Waals surface area contributed by atoms with Crippen LogP contribution in [-0.2, 0) is 21.9 Å². The zero-order valence-electron chi connectivity index (χ0n) is 11.7. The van der Waals surface area contributed by atoms with E-state index in [1.165, 1.54) is 19.3 Å². The highest BCUT2D eigenvalue weighted by molar-refractivity contribution is 7.89. The lowest BCUT2D eigenvalue weighted by Gasteiger charge is -2.29. The number of amides is 1. The highest BCUT2D eigenvalue weighted by Crippen LogP contribution is 2.14. The molecular weight excluding hydrogens is 280 g/mol. The minimum atomic E-state index is -3.60. The fourth-order valence-electron chi connectivity index (χ4n) is 2.10. The van der Waals surface area contributed by atoms with Crippen LogP contribution >= 0.6 is 0 Å². The Morgan fingerprint density at radius 1 is 1.40 bits per heavy atom. The summed E-state index contributed by atoms with van der Waals surface area (Å²) in [5.41, 5.74) is 0. The van der Waals surface area contributed by atoms with E-state index in [1.54, 1.807) is 22.7 Å². The largest absolute Gasteiger partial charge is 0.356 e. The zero-order valence-corrected chi connectivity index (χ0v) is 12.6. The first-order valence-electron chi connectivity index (χ1n) is 6.48. The van der Waals surface area contributed by atoms with Gasteiger partial charge in [0.05, 0.1) is 11.4 Å². The van der Waals surface area contributed by atoms with Crippen LogP contribution in [0.3, 0.4) is 0 Å². The van der Waals surface area contributed by atoms with Crippen LogP contribution in [0, 0.1) is 0 Å². The van der Waals surface area contributed by atoms with Crippen LogP contribution in [0.4, 0.5) is 0 Å². The highest BCUT2D eigenvalue weighted by atomic mass is 32.2. The molecule has 1 aliphatic rings. The summed E-state index contributed by atoms with van der Waals surface area (Å²) in [6, 6.07) is 1.53. The van der Waals surface area contributed by atoms with Crippen molar-refractivity contribution in [3.8, 4) is 0 Å². The summed E-state index contributed by atoms with van der Waals surface area (Å²) in [5.74, 6) is -0.159. The molecule has 8 heteroatoms. The number of nitrogens with one attached hydrogen (secondary N) is 1. The lowest BCUT2D eigenvalue weighted by atomic mass is 10.3. The van der Waals surface area contributed by atoms with Gasteiger partial charge in [0.1, 0.15) is 0 Å². The molecule has 1 aromatic heterocycles. The summed E-state index contributed by atoms with van der Waals surface area (Å²) in [5, 5.41) is 3.15. The van der Waals surface area contributed by atoms with E-state index in [9.17, 15) is 13.2 Å². The van der Waals surface area contributed by atoms with Crippen LogP contribution in [0.15, 0.2) is 23.4 Å². The third kappa shape index (κ3) is 3.20. The molecule has 1 saturated heterocycles. The van der Waals surface area contributed by atoms with Crippen LogP contribution < -0.4 is 5.32 Å². The minimum Gasteiger partial charge on any atom is -0.356 e. The third-order valence-electron chi connectivity index (χ3n) is 3.34. The van der Waals surface area contributed by atoms with Gasteiger partial charge in [-0.05, 0) is 6.07 Å². The number of nitrogens with zero attached hydrogens (tertiary/aromatic N) is 3. The first kappa shape index (κ1) is 15.0. The lowest BCUT2D eigenvalue weighted by molar-refractivity contribution is -0.131. The van der Waals surface area contributed by atoms with Crippen molar-refractivity contribution in [3.05, 3.63) is 18.5 Å². The molecule has 1 N–H and O–H groups in total. The summed E-state index contributed by atoms with van der Waals surface area (Å²) >= 11 is 0. The van der Waals surface area contributed by atoms with Crippen molar-refractivity contribution in [1.29, 1.82) is 0 Å². The van der Waals surface area contributed by atoms with Gasteiger partial charge in [-0.25, -0.2) is 8.42 Å². The zero-order chi connectivity index (χ0) is 14.8. The Morgan fingerprint density at radius 2 is 2.05 bits per heavy atom. The van der Waals surface area contributed by atoms with Gasteiger partial charge in [0.2, 0.25) is 15.9 Å². The second kappa shape index (κ2) is 5.94. The van der Waals surface area contributed by atoms with E-state index in [0.717, 1.165) is 17.4 Å². The number of aryl methyl sites for hydroxylation is 1. The molecule has 0 radical (unpaired) electrons. The monoisotopic (exact) mass is 300 g/mol. The van der Waals surface area contributed by atoms with E-state index in [-0.39, 0.29) is 17.3 Å². The van der Waals surface area contributed by atoms with Crippen molar-refractivity contribution in [1.82, 2.24) is 19.1 Å². The number of carbonyl (C=O) groups excluding carboxylic acids is 1. The molecular formula is C12H20N4O3S. The van der Waals surface area contributed by atoms with Gasteiger partial charge in [-0.1, -0.05) is 0 Å². The van der Waals surface area contributed by atoms with Crippen LogP contribution in [0.1, 0.15) is 0 Å². The van der Waals surface area contributed by atoms with Gasteiger partial charge in [-0.2, -0.15) is 4.31 Å². The van der Waals surface area contributed by atoms with Gasteiger partial charge in [0.15, 0.2) is 0 Å². The van der Waals surface area contributed by atoms with Crippen molar-refractivity contribution in [2.75, 3.05) is 39.8 Å². The Bertz CT molecular complexity index is 575. The van der Waals surface area contributed by atoms with Gasteiger partial charge in [0, 0.05) is 52.7 Å². The summed E-state index contributed by atoms with van der Waals surface area (Å²) in [6.45, 7) is 2.62. The van der Waals surface area contributed by atoms with Gasteiger partial charge < -0.3 is 14.8 Å². The average molecular weight is 300 g/mol. The molecule has 1 fully saturated rings. The first-order valence-corrected chi connectivity index (χ1v) is 7.92. The number of sulfonamides is 1. The normalized spacial score (nSPS) is 16.6. The number of hydrogen-bond donors (Lipinski definition) is 1. The summed E-state index contributed by atoms with van der Waals surface area (Å²) < 4.78 is 27.4. The molecule has 2 rings (SSSR count). The molecule has 2 heterocycles. The van der Waals surface area contributed by atoms with E-state index in [0.29, 0.717) is 13.1 Å². The smallest absolute Gasteiger partial charge is 0.244 e. The summed E-state index contributed by atoms with van der Waals surface area (Å²) in [7, 11) is -0.415. The van der Waals surface area contributed by atoms with Crippen molar-refractivity contribution in [3.63, 3.8) is 0 Å². The summed E-state index contributed by atoms with van der Waals surface area (Å²) in [6.07, 6.45) is 3.19. The molecule has 1 aliphatic heterocycles. The van der Waals surface area contributed by atoms with E-state index < -0.39 is 10.0 Å². The van der Waals surface area contributed by atoms with Gasteiger partial charge in [0.25, 0.3) is 0 Å². The van der Waals surface area contributed by atoms with E-state index in [4.69, 9.17) is 0 Å². The molecule has 0 unspecified atom stereocenters. The minimum absolute atomic E-state index is 0.128. The number of rotatable bonds is 4. The van der Waals surface area contributed by atoms with Gasteiger partial charge in [-0.15, -0.1) is 0 Å². The topological polar surface area (TPSA) is 74.7 Å². The Morgan fingerprint density at radius 3 is 2.60 bits per heavy atom. The number of carbonyl (C=O) groups is 1. The second-order valence-corrected chi connectivity index (χ2v) is 6.95. The molecule has 0 atom stereocenters. The number of likely N-dealkylation sites (N-methyl/N-ethyl adjacent to an activating group) is 1. The predicted molar refractivity (Wildman–Crippen MR) is 74.7 cm³/mol. The molecule has 1 aromatic rings. The molecule has 0 aliphatic carbocycles. The number of piperazine rings is 1. The highest BCUT2D eigenvalue weighted by Gasteiger charge is 2.26. The van der Waals surface area contributed by atoms with Crippen LogP contribution in [0.5, 0.6) is 0 Å². The second-order valence-electron chi connectivity index (χ2n) is 4.90.